The van der Waals surface area contributed by atoms with Gasteiger partial charge in [0, 0.05) is 31.2 Å². The van der Waals surface area contributed by atoms with Gasteiger partial charge in [-0.2, -0.15) is 4.31 Å². The van der Waals surface area contributed by atoms with Crippen LogP contribution in [0.25, 0.3) is 0 Å². The van der Waals surface area contributed by atoms with E-state index >= 15 is 0 Å². The summed E-state index contributed by atoms with van der Waals surface area (Å²) in [6.45, 7) is 4.33. The molecule has 2 aromatic carbocycles. The summed E-state index contributed by atoms with van der Waals surface area (Å²) >= 11 is 0. The highest BCUT2D eigenvalue weighted by molar-refractivity contribution is 7.89. The van der Waals surface area contributed by atoms with Gasteiger partial charge in [0.15, 0.2) is 0 Å². The van der Waals surface area contributed by atoms with Gasteiger partial charge >= 0.3 is 0 Å². The van der Waals surface area contributed by atoms with E-state index in [1.54, 1.807) is 12.1 Å². The Hall–Kier alpha value is -2.58. The molecule has 2 aliphatic rings. The fraction of sp³-hybridized carbons (Fsp3) is 0.480. The van der Waals surface area contributed by atoms with Gasteiger partial charge in [0.2, 0.25) is 10.0 Å². The van der Waals surface area contributed by atoms with Crippen LogP contribution in [0.4, 0.5) is 11.4 Å². The third-order valence-electron chi connectivity index (χ3n) is 6.60. The Labute approximate surface area is 196 Å². The number of nitrogens with one attached hydrogen (secondary N) is 1. The maximum atomic E-state index is 13.5. The van der Waals surface area contributed by atoms with Crippen molar-refractivity contribution in [2.45, 2.75) is 56.4 Å². The molecule has 7 nitrogen and oxygen atoms in total. The first-order valence-corrected chi connectivity index (χ1v) is 13.2. The molecule has 0 bridgehead atoms. The van der Waals surface area contributed by atoms with Gasteiger partial charge in [-0.1, -0.05) is 18.6 Å². The van der Waals surface area contributed by atoms with Crippen LogP contribution in [0.15, 0.2) is 47.4 Å². The zero-order valence-electron chi connectivity index (χ0n) is 19.4. The summed E-state index contributed by atoms with van der Waals surface area (Å²) in [5.74, 6) is -0.0942. The summed E-state index contributed by atoms with van der Waals surface area (Å²) < 4.78 is 33.9. The summed E-state index contributed by atoms with van der Waals surface area (Å²) in [7, 11) is -2.34. The monoisotopic (exact) mass is 471 g/mol. The number of methoxy groups -OCH3 is 1. The van der Waals surface area contributed by atoms with Crippen molar-refractivity contribution in [1.29, 1.82) is 0 Å². The van der Waals surface area contributed by atoms with Crippen LogP contribution in [-0.2, 0) is 10.0 Å². The van der Waals surface area contributed by atoms with Gasteiger partial charge < -0.3 is 15.0 Å². The highest BCUT2D eigenvalue weighted by atomic mass is 32.2. The Bertz CT molecular complexity index is 1100. The number of carbonyl (C=O) groups excluding carboxylic acids is 1. The van der Waals surface area contributed by atoms with Crippen LogP contribution in [0.2, 0.25) is 0 Å². The largest absolute Gasteiger partial charge is 0.495 e. The highest BCUT2D eigenvalue weighted by Crippen LogP contribution is 2.33. The van der Waals surface area contributed by atoms with E-state index in [9.17, 15) is 13.2 Å². The maximum Gasteiger partial charge on any atom is 0.255 e. The van der Waals surface area contributed by atoms with E-state index in [0.29, 0.717) is 6.54 Å². The Balaban J connectivity index is 1.62. The van der Waals surface area contributed by atoms with Gasteiger partial charge in [0.1, 0.15) is 10.6 Å². The molecule has 4 rings (SSSR count). The van der Waals surface area contributed by atoms with E-state index in [0.717, 1.165) is 56.6 Å². The van der Waals surface area contributed by atoms with Crippen molar-refractivity contribution in [1.82, 2.24) is 4.31 Å². The van der Waals surface area contributed by atoms with E-state index in [1.807, 2.05) is 31.2 Å². The van der Waals surface area contributed by atoms with Crippen molar-refractivity contribution in [3.63, 3.8) is 0 Å². The first-order chi connectivity index (χ1) is 15.9. The van der Waals surface area contributed by atoms with Crippen LogP contribution in [0.3, 0.4) is 0 Å². The molecule has 2 aromatic rings. The third kappa shape index (κ3) is 5.01. The second kappa shape index (κ2) is 10.1. The lowest BCUT2D eigenvalue weighted by molar-refractivity contribution is 0.102. The van der Waals surface area contributed by atoms with Crippen molar-refractivity contribution < 1.29 is 17.9 Å². The van der Waals surface area contributed by atoms with Crippen LogP contribution in [0, 0.1) is 0 Å². The van der Waals surface area contributed by atoms with Crippen molar-refractivity contribution in [2.24, 2.45) is 0 Å². The molecule has 2 aliphatic heterocycles. The normalized spacial score (nSPS) is 19.8. The number of para-hydroxylation sites is 2. The van der Waals surface area contributed by atoms with Gasteiger partial charge in [-0.3, -0.25) is 4.79 Å². The van der Waals surface area contributed by atoms with Crippen LogP contribution in [0.5, 0.6) is 5.75 Å². The first kappa shape index (κ1) is 23.6. The smallest absolute Gasteiger partial charge is 0.255 e. The summed E-state index contributed by atoms with van der Waals surface area (Å²) in [5.41, 5.74) is 2.01. The molecule has 2 saturated heterocycles. The lowest BCUT2D eigenvalue weighted by Crippen LogP contribution is -2.42. The Kier molecular flexibility index (Phi) is 7.24. The van der Waals surface area contributed by atoms with Crippen LogP contribution >= 0.6 is 0 Å². The average Bonchev–Trinajstić information content (AvgIpc) is 2.84. The summed E-state index contributed by atoms with van der Waals surface area (Å²) in [6.07, 6.45) is 6.18. The molecule has 0 spiro atoms. The molecule has 2 fully saturated rings. The predicted octanol–water partition coefficient (Wildman–Crippen LogP) is 4.50. The number of rotatable bonds is 6. The molecular formula is C25H33N3O4S. The molecule has 1 N–H and O–H groups in total. The fourth-order valence-corrected chi connectivity index (χ4v) is 6.64. The molecule has 2 heterocycles. The number of sulfonamides is 1. The Morgan fingerprint density at radius 2 is 1.73 bits per heavy atom. The molecule has 178 valence electrons. The first-order valence-electron chi connectivity index (χ1n) is 11.8. The van der Waals surface area contributed by atoms with Crippen molar-refractivity contribution in [2.75, 3.05) is 37.0 Å². The summed E-state index contributed by atoms with van der Waals surface area (Å²) in [6, 6.07) is 12.3. The van der Waals surface area contributed by atoms with Crippen LogP contribution < -0.4 is 15.0 Å². The minimum absolute atomic E-state index is 0.0377. The zero-order chi connectivity index (χ0) is 23.4. The molecule has 1 unspecified atom stereocenters. The molecular weight excluding hydrogens is 438 g/mol. The molecule has 0 aliphatic carbocycles. The second-order valence-corrected chi connectivity index (χ2v) is 10.7. The number of nitrogens with zero attached hydrogens (tertiary/aromatic N) is 2. The number of hydrogen-bond donors (Lipinski definition) is 1. The number of amides is 1. The summed E-state index contributed by atoms with van der Waals surface area (Å²) in [4.78, 5) is 15.5. The lowest BCUT2D eigenvalue weighted by Gasteiger charge is -2.32. The summed E-state index contributed by atoms with van der Waals surface area (Å²) in [5, 5.41) is 3.00. The van der Waals surface area contributed by atoms with Crippen molar-refractivity contribution >= 4 is 27.3 Å². The molecule has 0 radical (unpaired) electrons. The number of anilines is 2. The third-order valence-corrected chi connectivity index (χ3v) is 8.64. The number of hydrogen-bond acceptors (Lipinski definition) is 5. The molecule has 33 heavy (non-hydrogen) atoms. The minimum Gasteiger partial charge on any atom is -0.495 e. The molecule has 8 heteroatoms. The maximum absolute atomic E-state index is 13.5. The van der Waals surface area contributed by atoms with Crippen LogP contribution in [-0.4, -0.2) is 51.4 Å². The number of carbonyl (C=O) groups is 1. The fourth-order valence-electron chi connectivity index (χ4n) is 4.76. The van der Waals surface area contributed by atoms with E-state index in [1.165, 1.54) is 23.9 Å². The predicted molar refractivity (Wildman–Crippen MR) is 131 cm³/mol. The van der Waals surface area contributed by atoms with E-state index in [2.05, 4.69) is 10.2 Å². The molecule has 1 amide bonds. The van der Waals surface area contributed by atoms with Gasteiger partial charge in [-0.25, -0.2) is 8.42 Å². The Morgan fingerprint density at radius 3 is 2.45 bits per heavy atom. The average molecular weight is 472 g/mol. The number of benzene rings is 2. The van der Waals surface area contributed by atoms with E-state index in [-0.39, 0.29) is 28.2 Å². The van der Waals surface area contributed by atoms with E-state index in [4.69, 9.17) is 4.74 Å². The SMILES string of the molecule is COc1ccc(C(=O)Nc2ccccc2N2CCCCC2)cc1S(=O)(=O)N1CCCCC1C. The molecule has 0 saturated carbocycles. The standard InChI is InChI=1S/C25H33N3O4S/c1-19-10-6-9-17-28(19)33(30,31)24-18-20(13-14-23(24)32-2)25(29)26-21-11-4-5-12-22(21)27-15-7-3-8-16-27/h4-5,11-14,18-19H,3,6-10,15-17H2,1-2H3,(H,26,29). The molecule has 1 atom stereocenters. The topological polar surface area (TPSA) is 79.0 Å². The van der Waals surface area contributed by atoms with Crippen molar-refractivity contribution in [3.05, 3.63) is 48.0 Å². The van der Waals surface area contributed by atoms with E-state index < -0.39 is 10.0 Å². The quantitative estimate of drug-likeness (QED) is 0.671. The lowest BCUT2D eigenvalue weighted by atomic mass is 10.1. The van der Waals surface area contributed by atoms with Crippen LogP contribution in [0.1, 0.15) is 55.8 Å². The van der Waals surface area contributed by atoms with Gasteiger partial charge in [-0.15, -0.1) is 0 Å². The minimum atomic E-state index is -3.79. The van der Waals surface area contributed by atoms with Gasteiger partial charge in [0.05, 0.1) is 18.5 Å². The number of ether oxygens (including phenoxy) is 1. The van der Waals surface area contributed by atoms with Crippen molar-refractivity contribution in [3.8, 4) is 5.75 Å². The second-order valence-electron chi connectivity index (χ2n) is 8.85. The molecule has 0 aromatic heterocycles. The van der Waals surface area contributed by atoms with Gasteiger partial charge in [0.25, 0.3) is 5.91 Å². The van der Waals surface area contributed by atoms with Gasteiger partial charge in [-0.05, 0) is 69.4 Å². The highest BCUT2D eigenvalue weighted by Gasteiger charge is 2.33. The zero-order valence-corrected chi connectivity index (χ0v) is 20.2. The number of piperidine rings is 2. The Morgan fingerprint density at radius 1 is 1.00 bits per heavy atom.